The molecule has 0 unspecified atom stereocenters. The zero-order valence-corrected chi connectivity index (χ0v) is 7.71. The Morgan fingerprint density at radius 3 is 2.75 bits per heavy atom. The van der Waals surface area contributed by atoms with Crippen LogP contribution >= 0.6 is 0 Å². The number of pyridine rings is 1. The molecule has 0 bridgehead atoms. The van der Waals surface area contributed by atoms with E-state index < -0.39 is 0 Å². The van der Waals surface area contributed by atoms with Gasteiger partial charge in [-0.3, -0.25) is 4.79 Å². The Bertz CT molecular complexity index is 301. The van der Waals surface area contributed by atoms with Gasteiger partial charge in [0.1, 0.15) is 0 Å². The van der Waals surface area contributed by atoms with Gasteiger partial charge in [0.15, 0.2) is 0 Å². The third kappa shape index (κ3) is 1.76. The Hall–Kier alpha value is -1.05. The fourth-order valence-electron chi connectivity index (χ4n) is 1.30. The van der Waals surface area contributed by atoms with Crippen LogP contribution in [0.2, 0.25) is 0 Å². The highest BCUT2D eigenvalue weighted by Gasteiger charge is 1.99. The number of aryl methyl sites for hydroxylation is 2. The minimum atomic E-state index is 0.168. The van der Waals surface area contributed by atoms with Crippen LogP contribution in [0.15, 0.2) is 23.1 Å². The van der Waals surface area contributed by atoms with Crippen LogP contribution in [-0.2, 0) is 13.0 Å². The first-order valence-corrected chi connectivity index (χ1v) is 4.48. The smallest absolute Gasteiger partial charge is 0.253 e. The lowest BCUT2D eigenvalue weighted by Gasteiger charge is -2.03. The molecule has 1 rings (SSSR count). The molecule has 1 aromatic heterocycles. The molecule has 1 heterocycles. The fourth-order valence-corrected chi connectivity index (χ4v) is 1.30. The summed E-state index contributed by atoms with van der Waals surface area (Å²) in [5.74, 6) is 0. The van der Waals surface area contributed by atoms with Crippen molar-refractivity contribution < 1.29 is 0 Å². The summed E-state index contributed by atoms with van der Waals surface area (Å²) >= 11 is 0. The first-order chi connectivity index (χ1) is 5.79. The van der Waals surface area contributed by atoms with E-state index in [9.17, 15) is 4.79 Å². The SMILES string of the molecule is CCCc1cccn(CC)c1=O. The first-order valence-electron chi connectivity index (χ1n) is 4.48. The number of rotatable bonds is 3. The maximum atomic E-state index is 11.6. The molecule has 0 aromatic carbocycles. The van der Waals surface area contributed by atoms with Crippen molar-refractivity contribution >= 4 is 0 Å². The number of aromatic nitrogens is 1. The lowest BCUT2D eigenvalue weighted by molar-refractivity contribution is 0.710. The second kappa shape index (κ2) is 4.10. The largest absolute Gasteiger partial charge is 0.316 e. The zero-order chi connectivity index (χ0) is 8.97. The topological polar surface area (TPSA) is 22.0 Å². The molecule has 2 nitrogen and oxygen atoms in total. The monoisotopic (exact) mass is 165 g/mol. The number of hydrogen-bond donors (Lipinski definition) is 0. The van der Waals surface area contributed by atoms with E-state index in [1.807, 2.05) is 25.3 Å². The zero-order valence-electron chi connectivity index (χ0n) is 7.71. The predicted molar refractivity (Wildman–Crippen MR) is 50.4 cm³/mol. The summed E-state index contributed by atoms with van der Waals surface area (Å²) in [5, 5.41) is 0. The molecule has 12 heavy (non-hydrogen) atoms. The van der Waals surface area contributed by atoms with E-state index in [1.54, 1.807) is 4.57 Å². The predicted octanol–water partition coefficient (Wildman–Crippen LogP) is 1.82. The van der Waals surface area contributed by atoms with Crippen molar-refractivity contribution in [3.8, 4) is 0 Å². The van der Waals surface area contributed by atoms with Gasteiger partial charge >= 0.3 is 0 Å². The summed E-state index contributed by atoms with van der Waals surface area (Å²) in [5.41, 5.74) is 1.10. The van der Waals surface area contributed by atoms with Gasteiger partial charge in [-0.05, 0) is 19.4 Å². The second-order valence-electron chi connectivity index (χ2n) is 2.87. The van der Waals surface area contributed by atoms with Crippen LogP contribution in [-0.4, -0.2) is 4.57 Å². The first kappa shape index (κ1) is 9.04. The molecular formula is C10H15NO. The van der Waals surface area contributed by atoms with Gasteiger partial charge in [-0.1, -0.05) is 19.4 Å². The van der Waals surface area contributed by atoms with Gasteiger partial charge in [0.05, 0.1) is 0 Å². The lowest BCUT2D eigenvalue weighted by atomic mass is 10.2. The molecule has 0 saturated heterocycles. The van der Waals surface area contributed by atoms with Gasteiger partial charge in [0.25, 0.3) is 5.56 Å². The highest BCUT2D eigenvalue weighted by molar-refractivity contribution is 5.10. The molecule has 0 amide bonds. The minimum absolute atomic E-state index is 0.168. The highest BCUT2D eigenvalue weighted by Crippen LogP contribution is 1.95. The number of hydrogen-bond acceptors (Lipinski definition) is 1. The molecule has 2 heteroatoms. The van der Waals surface area contributed by atoms with Crippen molar-refractivity contribution in [3.05, 3.63) is 34.2 Å². The second-order valence-corrected chi connectivity index (χ2v) is 2.87. The Morgan fingerprint density at radius 1 is 1.42 bits per heavy atom. The van der Waals surface area contributed by atoms with Crippen molar-refractivity contribution in [2.75, 3.05) is 0 Å². The minimum Gasteiger partial charge on any atom is -0.316 e. The molecule has 0 aliphatic heterocycles. The molecule has 0 saturated carbocycles. The third-order valence-corrected chi connectivity index (χ3v) is 1.96. The Morgan fingerprint density at radius 2 is 2.17 bits per heavy atom. The maximum absolute atomic E-state index is 11.6. The van der Waals surface area contributed by atoms with E-state index in [1.165, 1.54) is 0 Å². The average molecular weight is 165 g/mol. The Balaban J connectivity index is 3.06. The van der Waals surface area contributed by atoms with Crippen molar-refractivity contribution in [3.63, 3.8) is 0 Å². The van der Waals surface area contributed by atoms with E-state index in [2.05, 4.69) is 6.92 Å². The highest BCUT2D eigenvalue weighted by atomic mass is 16.1. The molecule has 0 aliphatic carbocycles. The van der Waals surface area contributed by atoms with Crippen LogP contribution in [0, 0.1) is 0 Å². The summed E-state index contributed by atoms with van der Waals surface area (Å²) in [6.45, 7) is 4.83. The summed E-state index contributed by atoms with van der Waals surface area (Å²) in [6.07, 6.45) is 3.75. The van der Waals surface area contributed by atoms with Gasteiger partial charge in [0.2, 0.25) is 0 Å². The lowest BCUT2D eigenvalue weighted by Crippen LogP contribution is -2.21. The third-order valence-electron chi connectivity index (χ3n) is 1.96. The molecule has 0 N–H and O–H groups in total. The van der Waals surface area contributed by atoms with E-state index in [0.29, 0.717) is 0 Å². The quantitative estimate of drug-likeness (QED) is 0.669. The van der Waals surface area contributed by atoms with Gasteiger partial charge in [-0.2, -0.15) is 0 Å². The van der Waals surface area contributed by atoms with E-state index in [0.717, 1.165) is 24.9 Å². The van der Waals surface area contributed by atoms with E-state index in [-0.39, 0.29) is 5.56 Å². The van der Waals surface area contributed by atoms with Gasteiger partial charge in [0, 0.05) is 18.3 Å². The van der Waals surface area contributed by atoms with Crippen LogP contribution in [0.25, 0.3) is 0 Å². The van der Waals surface area contributed by atoms with Crippen molar-refractivity contribution in [2.45, 2.75) is 33.2 Å². The van der Waals surface area contributed by atoms with E-state index in [4.69, 9.17) is 0 Å². The maximum Gasteiger partial charge on any atom is 0.253 e. The summed E-state index contributed by atoms with van der Waals surface area (Å²) in [4.78, 5) is 11.6. The van der Waals surface area contributed by atoms with Crippen molar-refractivity contribution in [1.29, 1.82) is 0 Å². The fraction of sp³-hybridized carbons (Fsp3) is 0.500. The molecular weight excluding hydrogens is 150 g/mol. The van der Waals surface area contributed by atoms with Crippen LogP contribution in [0.1, 0.15) is 25.8 Å². The molecule has 0 spiro atoms. The molecule has 1 aromatic rings. The van der Waals surface area contributed by atoms with Crippen LogP contribution in [0.5, 0.6) is 0 Å². The van der Waals surface area contributed by atoms with Crippen LogP contribution in [0.4, 0.5) is 0 Å². The average Bonchev–Trinajstić information content (AvgIpc) is 2.09. The van der Waals surface area contributed by atoms with Gasteiger partial charge in [-0.25, -0.2) is 0 Å². The van der Waals surface area contributed by atoms with Gasteiger partial charge < -0.3 is 4.57 Å². The number of nitrogens with zero attached hydrogens (tertiary/aromatic N) is 1. The molecule has 0 atom stereocenters. The van der Waals surface area contributed by atoms with Crippen molar-refractivity contribution in [1.82, 2.24) is 4.57 Å². The molecule has 0 aliphatic rings. The Labute approximate surface area is 72.8 Å². The standard InChI is InChI=1S/C10H15NO/c1-3-6-9-7-5-8-11(4-2)10(9)12/h5,7-8H,3-4,6H2,1-2H3. The van der Waals surface area contributed by atoms with Crippen LogP contribution < -0.4 is 5.56 Å². The summed E-state index contributed by atoms with van der Waals surface area (Å²) in [7, 11) is 0. The molecule has 66 valence electrons. The normalized spacial score (nSPS) is 10.2. The van der Waals surface area contributed by atoms with Crippen molar-refractivity contribution in [2.24, 2.45) is 0 Å². The van der Waals surface area contributed by atoms with Gasteiger partial charge in [-0.15, -0.1) is 0 Å². The molecule has 0 fully saturated rings. The summed E-state index contributed by atoms with van der Waals surface area (Å²) < 4.78 is 1.74. The van der Waals surface area contributed by atoms with Crippen LogP contribution in [0.3, 0.4) is 0 Å². The molecule has 0 radical (unpaired) electrons. The Kier molecular flexibility index (Phi) is 3.09. The summed E-state index contributed by atoms with van der Waals surface area (Å²) in [6, 6.07) is 3.86. The van der Waals surface area contributed by atoms with E-state index >= 15 is 0 Å².